The van der Waals surface area contributed by atoms with Crippen LogP contribution in [0.4, 0.5) is 4.79 Å². The molecule has 0 heterocycles. The number of aliphatic hydroxyl groups is 1. The predicted octanol–water partition coefficient (Wildman–Crippen LogP) is -1.67. The predicted molar refractivity (Wildman–Crippen MR) is 115 cm³/mol. The number of aliphatic carboxylic acids is 1. The summed E-state index contributed by atoms with van der Waals surface area (Å²) in [5.74, 6) is -3.09. The molecule has 33 heavy (non-hydrogen) atoms. The van der Waals surface area contributed by atoms with Gasteiger partial charge in [-0.3, -0.25) is 14.4 Å². The van der Waals surface area contributed by atoms with E-state index in [2.05, 4.69) is 16.0 Å². The second-order valence-electron chi connectivity index (χ2n) is 7.03. The van der Waals surface area contributed by atoms with Crippen LogP contribution in [0, 0.1) is 0 Å². The van der Waals surface area contributed by atoms with Gasteiger partial charge in [0.05, 0.1) is 19.2 Å². The van der Waals surface area contributed by atoms with E-state index in [0.29, 0.717) is 12.0 Å². The quantitative estimate of drug-likeness (QED) is 0.0941. The number of hydrogen-bond donors (Lipinski definition) is 7. The molecule has 0 saturated carbocycles. The third-order valence-corrected chi connectivity index (χ3v) is 4.34. The van der Waals surface area contributed by atoms with Crippen LogP contribution in [0.2, 0.25) is 0 Å². The lowest BCUT2D eigenvalue weighted by atomic mass is 10.1. The first-order valence-corrected chi connectivity index (χ1v) is 10.1. The normalized spacial score (nSPS) is 12.2. The molecule has 0 bridgehead atoms. The molecular weight excluding hydrogens is 438 g/mol. The Bertz CT molecular complexity index is 830. The van der Waals surface area contributed by atoms with Gasteiger partial charge in [-0.25, -0.2) is 9.59 Å². The van der Waals surface area contributed by atoms with Crippen LogP contribution in [-0.2, 0) is 25.8 Å². The molecule has 1 aromatic rings. The van der Waals surface area contributed by atoms with E-state index in [1.54, 1.807) is 12.1 Å². The Labute approximate surface area is 189 Å². The van der Waals surface area contributed by atoms with Crippen molar-refractivity contribution in [3.05, 3.63) is 29.8 Å². The molecule has 0 fully saturated rings. The molecule has 2 atom stereocenters. The number of hydrogen-bond acceptors (Lipinski definition) is 8. The maximum absolute atomic E-state index is 12.6. The van der Waals surface area contributed by atoms with Crippen molar-refractivity contribution >= 4 is 29.8 Å². The Kier molecular flexibility index (Phi) is 11.9. The van der Waals surface area contributed by atoms with E-state index in [4.69, 9.17) is 26.4 Å². The van der Waals surface area contributed by atoms with Gasteiger partial charge in [-0.15, -0.1) is 0 Å². The van der Waals surface area contributed by atoms with Crippen LogP contribution in [-0.4, -0.2) is 65.2 Å². The summed E-state index contributed by atoms with van der Waals surface area (Å²) in [6.45, 7) is -0.505. The minimum atomic E-state index is -1.10. The molecule has 4 amide bonds. The standard InChI is InChI=1S/C20H29N5O8/c21-14(7-8-17(28)29)18(30)24-10-16(27)25-15(2-1-9-23-20(22)32)19(31)33-13-5-3-12(11-26)4-6-13/h3-6,14-15,26H,1-2,7-11,21H2,(H,24,30)(H,25,27)(H,28,29)(H3,22,23,32)/t14-,15-/m0/s1. The number of carbonyl (C=O) groups is 5. The first kappa shape index (κ1) is 27.3. The van der Waals surface area contributed by atoms with Crippen LogP contribution in [0.25, 0.3) is 0 Å². The first-order valence-electron chi connectivity index (χ1n) is 10.1. The summed E-state index contributed by atoms with van der Waals surface area (Å²) in [6.07, 6.45) is -0.00248. The van der Waals surface area contributed by atoms with E-state index in [1.165, 1.54) is 12.1 Å². The Balaban J connectivity index is 2.66. The van der Waals surface area contributed by atoms with Gasteiger partial charge in [-0.2, -0.15) is 0 Å². The lowest BCUT2D eigenvalue weighted by Crippen LogP contribution is -2.49. The topological polar surface area (TPSA) is 223 Å². The summed E-state index contributed by atoms with van der Waals surface area (Å²) in [5.41, 5.74) is 11.2. The molecule has 13 nitrogen and oxygen atoms in total. The zero-order valence-electron chi connectivity index (χ0n) is 17.9. The minimum Gasteiger partial charge on any atom is -0.481 e. The summed E-state index contributed by atoms with van der Waals surface area (Å²) in [6, 6.07) is 3.17. The number of carbonyl (C=O) groups excluding carboxylic acids is 4. The summed E-state index contributed by atoms with van der Waals surface area (Å²) < 4.78 is 5.26. The van der Waals surface area contributed by atoms with Crippen molar-refractivity contribution in [3.63, 3.8) is 0 Å². The van der Waals surface area contributed by atoms with E-state index in [-0.39, 0.29) is 38.2 Å². The third-order valence-electron chi connectivity index (χ3n) is 4.34. The van der Waals surface area contributed by atoms with E-state index in [9.17, 15) is 24.0 Å². The maximum atomic E-state index is 12.6. The van der Waals surface area contributed by atoms with Gasteiger partial charge in [0, 0.05) is 13.0 Å². The Morgan fingerprint density at radius 3 is 2.27 bits per heavy atom. The highest BCUT2D eigenvalue weighted by Crippen LogP contribution is 2.14. The number of carboxylic acids is 1. The molecular formula is C20H29N5O8. The van der Waals surface area contributed by atoms with Crippen molar-refractivity contribution in [2.24, 2.45) is 11.5 Å². The number of esters is 1. The molecule has 0 radical (unpaired) electrons. The molecule has 0 aliphatic carbocycles. The summed E-state index contributed by atoms with van der Waals surface area (Å²) in [4.78, 5) is 58.0. The number of amides is 4. The first-order chi connectivity index (χ1) is 15.6. The SMILES string of the molecule is NC(=O)NCCC[C@H](NC(=O)CNC(=O)[C@@H](N)CCC(=O)O)C(=O)Oc1ccc(CO)cc1. The van der Waals surface area contributed by atoms with Gasteiger partial charge in [-0.1, -0.05) is 12.1 Å². The molecule has 9 N–H and O–H groups in total. The summed E-state index contributed by atoms with van der Waals surface area (Å²) in [5, 5.41) is 24.8. The van der Waals surface area contributed by atoms with Crippen LogP contribution in [0.5, 0.6) is 5.75 Å². The number of carboxylic acid groups (broad SMARTS) is 1. The number of ether oxygens (including phenoxy) is 1. The fourth-order valence-corrected chi connectivity index (χ4v) is 2.57. The lowest BCUT2D eigenvalue weighted by Gasteiger charge is -2.18. The van der Waals surface area contributed by atoms with Crippen molar-refractivity contribution in [2.45, 2.75) is 44.4 Å². The largest absolute Gasteiger partial charge is 0.481 e. The van der Waals surface area contributed by atoms with E-state index in [1.807, 2.05) is 0 Å². The Morgan fingerprint density at radius 1 is 1.03 bits per heavy atom. The summed E-state index contributed by atoms with van der Waals surface area (Å²) in [7, 11) is 0. The average Bonchev–Trinajstić information content (AvgIpc) is 2.77. The van der Waals surface area contributed by atoms with E-state index >= 15 is 0 Å². The number of primary amides is 1. The molecule has 0 spiro atoms. The number of urea groups is 1. The van der Waals surface area contributed by atoms with Crippen LogP contribution in [0.15, 0.2) is 24.3 Å². The van der Waals surface area contributed by atoms with Gasteiger partial charge < -0.3 is 42.4 Å². The van der Waals surface area contributed by atoms with Crippen LogP contribution in [0.3, 0.4) is 0 Å². The van der Waals surface area contributed by atoms with Crippen molar-refractivity contribution in [1.29, 1.82) is 0 Å². The highest BCUT2D eigenvalue weighted by Gasteiger charge is 2.23. The van der Waals surface area contributed by atoms with Gasteiger partial charge in [0.15, 0.2) is 0 Å². The van der Waals surface area contributed by atoms with Crippen molar-refractivity contribution in [2.75, 3.05) is 13.1 Å². The Morgan fingerprint density at radius 2 is 1.70 bits per heavy atom. The van der Waals surface area contributed by atoms with Gasteiger partial charge in [0.2, 0.25) is 11.8 Å². The highest BCUT2D eigenvalue weighted by atomic mass is 16.5. The van der Waals surface area contributed by atoms with Crippen LogP contribution >= 0.6 is 0 Å². The van der Waals surface area contributed by atoms with Gasteiger partial charge in [0.1, 0.15) is 11.8 Å². The number of nitrogens with one attached hydrogen (secondary N) is 3. The number of aliphatic hydroxyl groups excluding tert-OH is 1. The summed E-state index contributed by atoms with van der Waals surface area (Å²) >= 11 is 0. The zero-order valence-corrected chi connectivity index (χ0v) is 17.9. The Hall–Kier alpha value is -3.71. The molecule has 13 heteroatoms. The average molecular weight is 467 g/mol. The van der Waals surface area contributed by atoms with Crippen LogP contribution < -0.4 is 32.2 Å². The minimum absolute atomic E-state index is 0.0975. The highest BCUT2D eigenvalue weighted by molar-refractivity contribution is 5.90. The molecule has 182 valence electrons. The second kappa shape index (κ2) is 14.4. The smallest absolute Gasteiger partial charge is 0.334 e. The van der Waals surface area contributed by atoms with Gasteiger partial charge in [0.25, 0.3) is 0 Å². The molecule has 0 aliphatic rings. The van der Waals surface area contributed by atoms with Crippen molar-refractivity contribution < 1.29 is 38.9 Å². The number of benzene rings is 1. The lowest BCUT2D eigenvalue weighted by molar-refractivity contribution is -0.139. The van der Waals surface area contributed by atoms with Crippen LogP contribution in [0.1, 0.15) is 31.2 Å². The molecule has 0 aromatic heterocycles. The fourth-order valence-electron chi connectivity index (χ4n) is 2.57. The van der Waals surface area contributed by atoms with Crippen molar-refractivity contribution in [1.82, 2.24) is 16.0 Å². The molecule has 0 saturated heterocycles. The number of nitrogens with two attached hydrogens (primary N) is 2. The van der Waals surface area contributed by atoms with Gasteiger partial charge >= 0.3 is 18.0 Å². The van der Waals surface area contributed by atoms with E-state index < -0.39 is 48.4 Å². The molecule has 0 aliphatic heterocycles. The molecule has 1 rings (SSSR count). The van der Waals surface area contributed by atoms with Crippen molar-refractivity contribution in [3.8, 4) is 5.75 Å². The zero-order chi connectivity index (χ0) is 24.8. The fraction of sp³-hybridized carbons (Fsp3) is 0.450. The second-order valence-corrected chi connectivity index (χ2v) is 7.03. The molecule has 0 unspecified atom stereocenters. The van der Waals surface area contributed by atoms with E-state index in [0.717, 1.165) is 0 Å². The maximum Gasteiger partial charge on any atom is 0.334 e. The molecule has 1 aromatic carbocycles. The monoisotopic (exact) mass is 467 g/mol. The third kappa shape index (κ3) is 11.5. The van der Waals surface area contributed by atoms with Gasteiger partial charge in [-0.05, 0) is 37.0 Å². The number of rotatable bonds is 14.